The summed E-state index contributed by atoms with van der Waals surface area (Å²) in [5.74, 6) is 1.53. The van der Waals surface area contributed by atoms with Crippen LogP contribution in [0.4, 0.5) is 0 Å². The number of rotatable bonds is 4. The summed E-state index contributed by atoms with van der Waals surface area (Å²) in [5, 5.41) is 0. The van der Waals surface area contributed by atoms with Crippen molar-refractivity contribution in [2.24, 2.45) is 5.92 Å². The molecule has 0 amide bonds. The number of carbonyl (C=O) groups excluding carboxylic acids is 1. The molecule has 0 spiro atoms. The minimum Gasteiger partial charge on any atom is -0.492 e. The molecule has 1 saturated carbocycles. The molecule has 2 nitrogen and oxygen atoms in total. The Bertz CT molecular complexity index is 417. The van der Waals surface area contributed by atoms with Gasteiger partial charge in [-0.1, -0.05) is 31.4 Å². The van der Waals surface area contributed by atoms with Crippen LogP contribution in [0.25, 0.3) is 0 Å². The lowest BCUT2D eigenvalue weighted by molar-refractivity contribution is 0.101. The van der Waals surface area contributed by atoms with Gasteiger partial charge in [0.05, 0.1) is 12.2 Å². The van der Waals surface area contributed by atoms with Crippen LogP contribution in [0.1, 0.15) is 54.9 Å². The minimum atomic E-state index is 0.0809. The molecule has 0 unspecified atom stereocenters. The fourth-order valence-electron chi connectivity index (χ4n) is 2.68. The van der Waals surface area contributed by atoms with Gasteiger partial charge in [0, 0.05) is 0 Å². The summed E-state index contributed by atoms with van der Waals surface area (Å²) in [6.45, 7) is 4.36. The second kappa shape index (κ2) is 6.03. The van der Waals surface area contributed by atoms with Gasteiger partial charge in [-0.25, -0.2) is 0 Å². The molecular formula is C16H22O2. The van der Waals surface area contributed by atoms with Crippen LogP contribution < -0.4 is 4.74 Å². The molecule has 18 heavy (non-hydrogen) atoms. The van der Waals surface area contributed by atoms with Gasteiger partial charge in [-0.2, -0.15) is 0 Å². The Balaban J connectivity index is 2.05. The highest BCUT2D eigenvalue weighted by Gasteiger charge is 2.16. The number of carbonyl (C=O) groups is 1. The van der Waals surface area contributed by atoms with Crippen molar-refractivity contribution in [1.82, 2.24) is 0 Å². The van der Waals surface area contributed by atoms with Crippen LogP contribution in [0, 0.1) is 12.8 Å². The van der Waals surface area contributed by atoms with E-state index in [0.717, 1.165) is 17.9 Å². The molecule has 0 aromatic heterocycles. The van der Waals surface area contributed by atoms with Crippen LogP contribution in [0.5, 0.6) is 5.75 Å². The van der Waals surface area contributed by atoms with Gasteiger partial charge >= 0.3 is 0 Å². The van der Waals surface area contributed by atoms with Crippen LogP contribution in [-0.4, -0.2) is 12.4 Å². The third-order valence-electron chi connectivity index (χ3n) is 3.78. The molecule has 98 valence electrons. The first-order valence-electron chi connectivity index (χ1n) is 6.92. The second-order valence-electron chi connectivity index (χ2n) is 5.32. The Hall–Kier alpha value is -1.31. The standard InChI is InChI=1S/C16H22O2/c1-12-7-6-10-15(13(2)17)16(12)18-11-14-8-4-3-5-9-14/h6-7,10,14H,3-5,8-9,11H2,1-2H3. The Morgan fingerprint density at radius 2 is 2.00 bits per heavy atom. The third kappa shape index (κ3) is 3.12. The molecule has 1 aliphatic carbocycles. The lowest BCUT2D eigenvalue weighted by Crippen LogP contribution is -2.16. The summed E-state index contributed by atoms with van der Waals surface area (Å²) >= 11 is 0. The summed E-state index contributed by atoms with van der Waals surface area (Å²) < 4.78 is 5.95. The quantitative estimate of drug-likeness (QED) is 0.746. The van der Waals surface area contributed by atoms with Crippen molar-refractivity contribution in [2.75, 3.05) is 6.61 Å². The molecule has 1 aliphatic rings. The maximum atomic E-state index is 11.6. The predicted octanol–water partition coefficient (Wildman–Crippen LogP) is 4.16. The topological polar surface area (TPSA) is 26.3 Å². The molecule has 0 radical (unpaired) electrons. The number of benzene rings is 1. The van der Waals surface area contributed by atoms with Crippen molar-refractivity contribution in [3.05, 3.63) is 29.3 Å². The van der Waals surface area contributed by atoms with E-state index in [1.165, 1.54) is 32.1 Å². The zero-order valence-corrected chi connectivity index (χ0v) is 11.4. The predicted molar refractivity (Wildman–Crippen MR) is 73.3 cm³/mol. The van der Waals surface area contributed by atoms with Gasteiger partial charge in [-0.15, -0.1) is 0 Å². The van der Waals surface area contributed by atoms with Crippen molar-refractivity contribution in [3.63, 3.8) is 0 Å². The zero-order valence-electron chi connectivity index (χ0n) is 11.4. The van der Waals surface area contributed by atoms with Gasteiger partial charge < -0.3 is 4.74 Å². The van der Waals surface area contributed by atoms with E-state index in [1.54, 1.807) is 6.92 Å². The average Bonchev–Trinajstić information content (AvgIpc) is 2.38. The van der Waals surface area contributed by atoms with Crippen molar-refractivity contribution in [1.29, 1.82) is 0 Å². The number of para-hydroxylation sites is 1. The lowest BCUT2D eigenvalue weighted by Gasteiger charge is -2.22. The highest BCUT2D eigenvalue weighted by atomic mass is 16.5. The average molecular weight is 246 g/mol. The van der Waals surface area contributed by atoms with Crippen LogP contribution in [0.15, 0.2) is 18.2 Å². The van der Waals surface area contributed by atoms with Crippen LogP contribution in [0.2, 0.25) is 0 Å². The van der Waals surface area contributed by atoms with E-state index in [9.17, 15) is 4.79 Å². The van der Waals surface area contributed by atoms with Gasteiger partial charge in [0.25, 0.3) is 0 Å². The number of hydrogen-bond acceptors (Lipinski definition) is 2. The molecule has 2 rings (SSSR count). The van der Waals surface area contributed by atoms with Crippen molar-refractivity contribution >= 4 is 5.78 Å². The summed E-state index contributed by atoms with van der Waals surface area (Å²) in [4.78, 5) is 11.6. The molecule has 0 bridgehead atoms. The number of aryl methyl sites for hydroxylation is 1. The van der Waals surface area contributed by atoms with Gasteiger partial charge in [0.15, 0.2) is 5.78 Å². The highest BCUT2D eigenvalue weighted by molar-refractivity contribution is 5.97. The Labute approximate surface area is 109 Å². The van der Waals surface area contributed by atoms with Crippen LogP contribution in [0.3, 0.4) is 0 Å². The smallest absolute Gasteiger partial charge is 0.163 e. The number of hydrogen-bond donors (Lipinski definition) is 0. The fraction of sp³-hybridized carbons (Fsp3) is 0.562. The maximum Gasteiger partial charge on any atom is 0.163 e. The first-order chi connectivity index (χ1) is 8.68. The normalized spacial score (nSPS) is 16.6. The lowest BCUT2D eigenvalue weighted by atomic mass is 9.90. The molecule has 0 N–H and O–H groups in total. The summed E-state index contributed by atoms with van der Waals surface area (Å²) in [6, 6.07) is 5.77. The molecule has 0 heterocycles. The van der Waals surface area contributed by atoms with Crippen LogP contribution >= 0.6 is 0 Å². The first-order valence-corrected chi connectivity index (χ1v) is 6.92. The third-order valence-corrected chi connectivity index (χ3v) is 3.78. The van der Waals surface area contributed by atoms with E-state index in [4.69, 9.17) is 4.74 Å². The first kappa shape index (κ1) is 13.1. The van der Waals surface area contributed by atoms with Gasteiger partial charge in [0.2, 0.25) is 0 Å². The molecule has 1 aromatic carbocycles. The monoisotopic (exact) mass is 246 g/mol. The fourth-order valence-corrected chi connectivity index (χ4v) is 2.68. The molecule has 0 saturated heterocycles. The number of ether oxygens (including phenoxy) is 1. The Morgan fingerprint density at radius 1 is 1.28 bits per heavy atom. The van der Waals surface area contributed by atoms with Crippen molar-refractivity contribution in [2.45, 2.75) is 46.0 Å². The van der Waals surface area contributed by atoms with Gasteiger partial charge in [-0.05, 0) is 44.2 Å². The minimum absolute atomic E-state index is 0.0809. The Kier molecular flexibility index (Phi) is 4.40. The highest BCUT2D eigenvalue weighted by Crippen LogP contribution is 2.28. The van der Waals surface area contributed by atoms with E-state index in [1.807, 2.05) is 25.1 Å². The molecule has 1 fully saturated rings. The van der Waals surface area contributed by atoms with Gasteiger partial charge in [-0.3, -0.25) is 4.79 Å². The number of Topliss-reactive ketones (excluding diaryl/α,β-unsaturated/α-hetero) is 1. The zero-order chi connectivity index (χ0) is 13.0. The van der Waals surface area contributed by atoms with Crippen molar-refractivity contribution in [3.8, 4) is 5.75 Å². The summed E-state index contributed by atoms with van der Waals surface area (Å²) in [5.41, 5.74) is 1.77. The van der Waals surface area contributed by atoms with E-state index >= 15 is 0 Å². The Morgan fingerprint density at radius 3 is 2.67 bits per heavy atom. The largest absolute Gasteiger partial charge is 0.492 e. The van der Waals surface area contributed by atoms with E-state index < -0.39 is 0 Å². The maximum absolute atomic E-state index is 11.6. The summed E-state index contributed by atoms with van der Waals surface area (Å²) in [7, 11) is 0. The number of ketones is 1. The van der Waals surface area contributed by atoms with Gasteiger partial charge in [0.1, 0.15) is 5.75 Å². The van der Waals surface area contributed by atoms with E-state index in [2.05, 4.69) is 0 Å². The molecular weight excluding hydrogens is 224 g/mol. The van der Waals surface area contributed by atoms with Crippen LogP contribution in [-0.2, 0) is 0 Å². The van der Waals surface area contributed by atoms with E-state index in [0.29, 0.717) is 11.5 Å². The SMILES string of the molecule is CC(=O)c1cccc(C)c1OCC1CCCCC1. The second-order valence-corrected chi connectivity index (χ2v) is 5.32. The molecule has 0 atom stereocenters. The van der Waals surface area contributed by atoms with E-state index in [-0.39, 0.29) is 5.78 Å². The summed E-state index contributed by atoms with van der Waals surface area (Å²) in [6.07, 6.45) is 6.53. The van der Waals surface area contributed by atoms with Crippen molar-refractivity contribution < 1.29 is 9.53 Å². The molecule has 0 aliphatic heterocycles. The molecule has 1 aromatic rings. The molecule has 2 heteroatoms.